The zero-order valence-electron chi connectivity index (χ0n) is 24.4. The lowest BCUT2D eigenvalue weighted by molar-refractivity contribution is -0.122. The quantitative estimate of drug-likeness (QED) is 0.278. The van der Waals surface area contributed by atoms with E-state index >= 15 is 0 Å². The number of fused-ring (bicyclic) bond motifs is 6. The summed E-state index contributed by atoms with van der Waals surface area (Å²) in [5.41, 5.74) is 2.39. The first-order valence-corrected chi connectivity index (χ1v) is 14.3. The number of ether oxygens (including phenoxy) is 3. The fourth-order valence-corrected chi connectivity index (χ4v) is 7.28. The van der Waals surface area contributed by atoms with Gasteiger partial charge in [0.2, 0.25) is 5.91 Å². The predicted octanol–water partition coefficient (Wildman–Crippen LogP) is 5.69. The molecule has 8 heteroatoms. The largest absolute Gasteiger partial charge is 0.497 e. The van der Waals surface area contributed by atoms with Gasteiger partial charge >= 0.3 is 0 Å². The molecule has 0 saturated carbocycles. The maximum atomic E-state index is 15.0. The van der Waals surface area contributed by atoms with Crippen molar-refractivity contribution < 1.29 is 28.6 Å². The van der Waals surface area contributed by atoms with Crippen LogP contribution in [0.4, 0.5) is 5.69 Å². The molecule has 0 aromatic heterocycles. The minimum atomic E-state index is -1.42. The Kier molecular flexibility index (Phi) is 6.50. The van der Waals surface area contributed by atoms with Crippen LogP contribution in [0.25, 0.3) is 6.08 Å². The van der Waals surface area contributed by atoms with Crippen molar-refractivity contribution >= 4 is 29.2 Å². The topological polar surface area (TPSA) is 94.2 Å². The minimum absolute atomic E-state index is 0.310. The highest BCUT2D eigenvalue weighted by Crippen LogP contribution is 2.62. The van der Waals surface area contributed by atoms with Crippen molar-refractivity contribution in [2.45, 2.75) is 17.5 Å². The van der Waals surface area contributed by atoms with Gasteiger partial charge in [-0.1, -0.05) is 54.6 Å². The van der Waals surface area contributed by atoms with Gasteiger partial charge in [0.05, 0.1) is 33.3 Å². The number of methoxy groups -OCH3 is 3. The molecular formula is C36H30N2O6. The molecule has 4 aromatic rings. The van der Waals surface area contributed by atoms with Crippen LogP contribution in [-0.2, 0) is 10.2 Å². The second-order valence-corrected chi connectivity index (χ2v) is 11.1. The molecule has 7 rings (SSSR count). The Morgan fingerprint density at radius 1 is 0.773 bits per heavy atom. The van der Waals surface area contributed by atoms with Crippen LogP contribution in [0, 0.1) is 5.92 Å². The molecular weight excluding hydrogens is 556 g/mol. The van der Waals surface area contributed by atoms with Gasteiger partial charge in [0.25, 0.3) is 0 Å². The van der Waals surface area contributed by atoms with Crippen LogP contribution in [0.15, 0.2) is 97.2 Å². The molecule has 0 radical (unpaired) electrons. The average molecular weight is 587 g/mol. The van der Waals surface area contributed by atoms with E-state index in [1.807, 2.05) is 65.7 Å². The van der Waals surface area contributed by atoms with Crippen molar-refractivity contribution in [2.24, 2.45) is 5.92 Å². The molecule has 220 valence electrons. The molecule has 1 spiro atoms. The molecule has 0 bridgehead atoms. The summed E-state index contributed by atoms with van der Waals surface area (Å²) in [4.78, 5) is 46.3. The molecule has 4 atom stereocenters. The Hall–Kier alpha value is -5.37. The first kappa shape index (κ1) is 27.5. The number of carbonyl (C=O) groups excluding carboxylic acids is 3. The van der Waals surface area contributed by atoms with Gasteiger partial charge in [0, 0.05) is 23.0 Å². The zero-order chi connectivity index (χ0) is 30.6. The summed E-state index contributed by atoms with van der Waals surface area (Å²) in [5, 5.41) is 3.07. The van der Waals surface area contributed by atoms with E-state index in [1.165, 1.54) is 21.3 Å². The predicted molar refractivity (Wildman–Crippen MR) is 165 cm³/mol. The SMILES string of the molecule is COc1cccc(C(=O)[C@@H]2[C@@H](C(=O)c3ccc(OC)c(OC)c3)N3C=Cc4ccccc4[C@@H]3[C@]23C(=O)Nc2ccccc23)c1. The molecule has 4 aromatic carbocycles. The van der Waals surface area contributed by atoms with Gasteiger partial charge < -0.3 is 24.4 Å². The third kappa shape index (κ3) is 3.80. The van der Waals surface area contributed by atoms with E-state index in [0.717, 1.165) is 11.1 Å². The highest BCUT2D eigenvalue weighted by atomic mass is 16.5. The molecule has 0 aliphatic carbocycles. The normalized spacial score (nSPS) is 22.6. The number of nitrogens with zero attached hydrogens (tertiary/aromatic N) is 1. The molecule has 1 amide bonds. The third-order valence-corrected chi connectivity index (χ3v) is 9.14. The molecule has 3 aliphatic heterocycles. The van der Waals surface area contributed by atoms with Gasteiger partial charge in [-0.2, -0.15) is 0 Å². The van der Waals surface area contributed by atoms with Gasteiger partial charge in [-0.3, -0.25) is 14.4 Å². The first-order valence-electron chi connectivity index (χ1n) is 14.3. The summed E-state index contributed by atoms with van der Waals surface area (Å²) >= 11 is 0. The Bertz CT molecular complexity index is 1870. The maximum absolute atomic E-state index is 15.0. The van der Waals surface area contributed by atoms with E-state index in [0.29, 0.717) is 39.6 Å². The van der Waals surface area contributed by atoms with E-state index in [9.17, 15) is 14.4 Å². The van der Waals surface area contributed by atoms with Crippen LogP contribution in [-0.4, -0.2) is 49.7 Å². The van der Waals surface area contributed by atoms with Gasteiger partial charge in [-0.05, 0) is 59.2 Å². The van der Waals surface area contributed by atoms with Crippen LogP contribution in [0.3, 0.4) is 0 Å². The van der Waals surface area contributed by atoms with E-state index in [4.69, 9.17) is 14.2 Å². The van der Waals surface area contributed by atoms with E-state index < -0.39 is 23.4 Å². The molecule has 8 nitrogen and oxygen atoms in total. The first-order chi connectivity index (χ1) is 21.4. The zero-order valence-corrected chi connectivity index (χ0v) is 24.4. The van der Waals surface area contributed by atoms with Crippen molar-refractivity contribution in [2.75, 3.05) is 26.6 Å². The second kappa shape index (κ2) is 10.4. The van der Waals surface area contributed by atoms with Crippen LogP contribution in [0.2, 0.25) is 0 Å². The summed E-state index contributed by atoms with van der Waals surface area (Å²) in [5.74, 6) is -0.677. The Labute approximate surface area is 254 Å². The maximum Gasteiger partial charge on any atom is 0.238 e. The molecule has 44 heavy (non-hydrogen) atoms. The molecule has 1 N–H and O–H groups in total. The number of ketones is 2. The van der Waals surface area contributed by atoms with Crippen LogP contribution in [0.1, 0.15) is 43.4 Å². The lowest BCUT2D eigenvalue weighted by atomic mass is 9.62. The number of anilines is 1. The average Bonchev–Trinajstić information content (AvgIpc) is 3.55. The number of rotatable bonds is 7. The molecule has 3 heterocycles. The fourth-order valence-electron chi connectivity index (χ4n) is 7.28. The van der Waals surface area contributed by atoms with Crippen LogP contribution in [0.5, 0.6) is 17.2 Å². The number of hydrogen-bond donors (Lipinski definition) is 1. The molecule has 1 fully saturated rings. The summed E-state index contributed by atoms with van der Waals surface area (Å²) in [6.07, 6.45) is 3.79. The van der Waals surface area contributed by atoms with Gasteiger partial charge in [-0.25, -0.2) is 0 Å². The Morgan fingerprint density at radius 3 is 2.32 bits per heavy atom. The lowest BCUT2D eigenvalue weighted by Crippen LogP contribution is -2.49. The number of Topliss-reactive ketones (excluding diaryl/α,β-unsaturated/α-hetero) is 2. The van der Waals surface area contributed by atoms with Gasteiger partial charge in [0.1, 0.15) is 17.2 Å². The van der Waals surface area contributed by atoms with Crippen molar-refractivity contribution in [3.8, 4) is 17.2 Å². The van der Waals surface area contributed by atoms with Gasteiger partial charge in [-0.15, -0.1) is 0 Å². The Morgan fingerprint density at radius 2 is 1.52 bits per heavy atom. The summed E-state index contributed by atoms with van der Waals surface area (Å²) < 4.78 is 16.4. The van der Waals surface area contributed by atoms with E-state index in [2.05, 4.69) is 5.32 Å². The molecule has 3 aliphatic rings. The third-order valence-electron chi connectivity index (χ3n) is 9.14. The van der Waals surface area contributed by atoms with Crippen molar-refractivity contribution in [3.63, 3.8) is 0 Å². The second-order valence-electron chi connectivity index (χ2n) is 11.1. The highest BCUT2D eigenvalue weighted by Gasteiger charge is 2.70. The fraction of sp³-hybridized carbons (Fsp3) is 0.194. The van der Waals surface area contributed by atoms with E-state index in [-0.39, 0.29) is 17.5 Å². The summed E-state index contributed by atoms with van der Waals surface area (Å²) in [7, 11) is 4.57. The number of nitrogens with one attached hydrogen (secondary N) is 1. The standard InChI is InChI=1S/C36H30N2O6/c1-42-24-11-8-10-22(19-24)32(39)30-31(33(40)23-15-16-28(43-2)29(20-23)44-3)38-18-17-21-9-4-5-12-25(21)34(38)36(30)26-13-6-7-14-27(26)37-35(36)41/h4-20,30-31,34H,1-3H3,(H,37,41)/t30-,31-,34+,36+/m0/s1. The smallest absolute Gasteiger partial charge is 0.238 e. The van der Waals surface area contributed by atoms with Crippen LogP contribution >= 0.6 is 0 Å². The Balaban J connectivity index is 1.52. The number of carbonyl (C=O) groups is 3. The number of amides is 1. The number of hydrogen-bond acceptors (Lipinski definition) is 7. The minimum Gasteiger partial charge on any atom is -0.497 e. The van der Waals surface area contributed by atoms with Gasteiger partial charge in [0.15, 0.2) is 23.1 Å². The van der Waals surface area contributed by atoms with Crippen molar-refractivity contribution in [1.82, 2.24) is 4.90 Å². The monoisotopic (exact) mass is 586 g/mol. The molecule has 0 unspecified atom stereocenters. The summed E-state index contributed by atoms with van der Waals surface area (Å²) in [6, 6.07) is 25.4. The van der Waals surface area contributed by atoms with Crippen LogP contribution < -0.4 is 19.5 Å². The number of benzene rings is 4. The summed E-state index contributed by atoms with van der Waals surface area (Å²) in [6.45, 7) is 0. The number of para-hydroxylation sites is 1. The van der Waals surface area contributed by atoms with E-state index in [1.54, 1.807) is 42.5 Å². The van der Waals surface area contributed by atoms with Crippen molar-refractivity contribution in [3.05, 3.63) is 125 Å². The highest BCUT2D eigenvalue weighted by molar-refractivity contribution is 6.16. The lowest BCUT2D eigenvalue weighted by Gasteiger charge is -2.38. The van der Waals surface area contributed by atoms with Crippen molar-refractivity contribution in [1.29, 1.82) is 0 Å². The molecule has 1 saturated heterocycles.